The van der Waals surface area contributed by atoms with E-state index in [2.05, 4.69) is 10.1 Å². The summed E-state index contributed by atoms with van der Waals surface area (Å²) in [6.45, 7) is 5.76. The number of halogens is 3. The van der Waals surface area contributed by atoms with Gasteiger partial charge in [0.1, 0.15) is 12.2 Å². The number of rotatable bonds is 8. The Morgan fingerprint density at radius 2 is 1.81 bits per heavy atom. The predicted molar refractivity (Wildman–Crippen MR) is 73.2 cm³/mol. The summed E-state index contributed by atoms with van der Waals surface area (Å²) in [6, 6.07) is 0. The third-order valence-electron chi connectivity index (χ3n) is 2.26. The van der Waals surface area contributed by atoms with Crippen LogP contribution in [0.1, 0.15) is 27.2 Å². The van der Waals surface area contributed by atoms with Crippen LogP contribution in [0.5, 0.6) is 0 Å². The van der Waals surface area contributed by atoms with E-state index in [1.807, 2.05) is 11.9 Å². The van der Waals surface area contributed by atoms with Crippen LogP contribution in [-0.2, 0) is 9.47 Å². The second-order valence-corrected chi connectivity index (χ2v) is 5.75. The molecule has 0 aromatic rings. The first kappa shape index (κ1) is 20.0. The normalized spacial score (nSPS) is 12.6. The van der Waals surface area contributed by atoms with Crippen molar-refractivity contribution in [1.29, 1.82) is 0 Å². The summed E-state index contributed by atoms with van der Waals surface area (Å²) >= 11 is 0. The van der Waals surface area contributed by atoms with E-state index in [9.17, 15) is 18.0 Å². The van der Waals surface area contributed by atoms with Crippen LogP contribution in [0.3, 0.4) is 0 Å². The molecule has 0 aliphatic heterocycles. The lowest BCUT2D eigenvalue weighted by molar-refractivity contribution is -0.174. The number of alkyl halides is 3. The maximum atomic E-state index is 11.8. The van der Waals surface area contributed by atoms with Gasteiger partial charge in [0.2, 0.25) is 0 Å². The van der Waals surface area contributed by atoms with Gasteiger partial charge in [-0.25, -0.2) is 4.79 Å². The van der Waals surface area contributed by atoms with Gasteiger partial charge >= 0.3 is 12.3 Å². The van der Waals surface area contributed by atoms with Gasteiger partial charge in [0.15, 0.2) is 0 Å². The third-order valence-corrected chi connectivity index (χ3v) is 2.26. The van der Waals surface area contributed by atoms with Crippen LogP contribution < -0.4 is 5.32 Å². The zero-order chi connectivity index (χ0) is 16.5. The van der Waals surface area contributed by atoms with Gasteiger partial charge in [-0.05, 0) is 34.2 Å². The Kier molecular flexibility index (Phi) is 8.65. The van der Waals surface area contributed by atoms with Gasteiger partial charge in [0, 0.05) is 26.2 Å². The Morgan fingerprint density at radius 3 is 2.33 bits per heavy atom. The van der Waals surface area contributed by atoms with Crippen LogP contribution in [0.15, 0.2) is 0 Å². The highest BCUT2D eigenvalue weighted by Gasteiger charge is 2.27. The number of hydrogen-bond acceptors (Lipinski definition) is 4. The Hall–Kier alpha value is -1.02. The number of alkyl carbamates (subject to hydrolysis) is 1. The minimum Gasteiger partial charge on any atom is -0.444 e. The van der Waals surface area contributed by atoms with Crippen LogP contribution in [0.2, 0.25) is 0 Å². The molecule has 0 fully saturated rings. The molecular formula is C13H25F3N2O3. The van der Waals surface area contributed by atoms with E-state index in [0.717, 1.165) is 0 Å². The lowest BCUT2D eigenvalue weighted by Crippen LogP contribution is -2.37. The van der Waals surface area contributed by atoms with Crippen LogP contribution in [0.4, 0.5) is 18.0 Å². The van der Waals surface area contributed by atoms with E-state index < -0.39 is 24.5 Å². The average Bonchev–Trinajstić information content (AvgIpc) is 2.24. The topological polar surface area (TPSA) is 50.8 Å². The SMILES string of the molecule is CN(CCCOCC(F)(F)F)CCNC(=O)OC(C)(C)C. The highest BCUT2D eigenvalue weighted by atomic mass is 19.4. The van der Waals surface area contributed by atoms with E-state index in [-0.39, 0.29) is 6.61 Å². The number of carbonyl (C=O) groups is 1. The minimum absolute atomic E-state index is 0.0589. The molecule has 1 N–H and O–H groups in total. The first-order chi connectivity index (χ1) is 9.49. The lowest BCUT2D eigenvalue weighted by Gasteiger charge is -2.21. The van der Waals surface area contributed by atoms with Crippen molar-refractivity contribution in [3.63, 3.8) is 0 Å². The smallest absolute Gasteiger partial charge is 0.411 e. The second-order valence-electron chi connectivity index (χ2n) is 5.75. The molecule has 126 valence electrons. The molecule has 0 rings (SSSR count). The fourth-order valence-electron chi connectivity index (χ4n) is 1.40. The summed E-state index contributed by atoms with van der Waals surface area (Å²) < 4.78 is 45.0. The van der Waals surface area contributed by atoms with Crippen LogP contribution in [0, 0.1) is 0 Å². The zero-order valence-corrected chi connectivity index (χ0v) is 13.0. The van der Waals surface area contributed by atoms with Crippen molar-refractivity contribution in [2.24, 2.45) is 0 Å². The quantitative estimate of drug-likeness (QED) is 0.699. The first-order valence-corrected chi connectivity index (χ1v) is 6.79. The highest BCUT2D eigenvalue weighted by molar-refractivity contribution is 5.67. The molecule has 0 atom stereocenters. The minimum atomic E-state index is -4.27. The molecule has 0 unspecified atom stereocenters. The zero-order valence-electron chi connectivity index (χ0n) is 13.0. The lowest BCUT2D eigenvalue weighted by atomic mass is 10.2. The molecule has 1 amide bonds. The number of carbonyl (C=O) groups excluding carboxylic acids is 1. The Bertz CT molecular complexity index is 304. The number of amides is 1. The van der Waals surface area contributed by atoms with Gasteiger partial charge in [-0.3, -0.25) is 0 Å². The molecule has 8 heteroatoms. The summed E-state index contributed by atoms with van der Waals surface area (Å²) in [6.07, 6.45) is -4.26. The molecule has 0 aliphatic carbocycles. The molecule has 21 heavy (non-hydrogen) atoms. The van der Waals surface area contributed by atoms with Crippen molar-refractivity contribution < 1.29 is 27.4 Å². The van der Waals surface area contributed by atoms with Crippen molar-refractivity contribution in [1.82, 2.24) is 10.2 Å². The summed E-state index contributed by atoms with van der Waals surface area (Å²) in [4.78, 5) is 13.3. The molecule has 0 aliphatic rings. The van der Waals surface area contributed by atoms with Crippen molar-refractivity contribution in [2.75, 3.05) is 39.9 Å². The molecule has 0 aromatic heterocycles. The molecule has 5 nitrogen and oxygen atoms in total. The standard InChI is InChI=1S/C13H25F3N2O3/c1-12(2,3)21-11(19)17-6-8-18(4)7-5-9-20-10-13(14,15)16/h5-10H2,1-4H3,(H,17,19). The van der Waals surface area contributed by atoms with Crippen molar-refractivity contribution in [3.8, 4) is 0 Å². The number of nitrogens with one attached hydrogen (secondary N) is 1. The molecule has 0 bridgehead atoms. The van der Waals surface area contributed by atoms with Crippen LogP contribution in [0.25, 0.3) is 0 Å². The molecule has 0 heterocycles. The van der Waals surface area contributed by atoms with Gasteiger partial charge in [-0.1, -0.05) is 0 Å². The number of nitrogens with zero attached hydrogens (tertiary/aromatic N) is 1. The maximum absolute atomic E-state index is 11.8. The number of ether oxygens (including phenoxy) is 2. The van der Waals surface area contributed by atoms with E-state index in [0.29, 0.717) is 26.1 Å². The van der Waals surface area contributed by atoms with Gasteiger partial charge in [-0.15, -0.1) is 0 Å². The Morgan fingerprint density at radius 1 is 1.19 bits per heavy atom. The number of hydrogen-bond donors (Lipinski definition) is 1. The van der Waals surface area contributed by atoms with Crippen molar-refractivity contribution in [3.05, 3.63) is 0 Å². The molecule has 0 saturated heterocycles. The van der Waals surface area contributed by atoms with Gasteiger partial charge < -0.3 is 19.7 Å². The average molecular weight is 314 g/mol. The molecule has 0 spiro atoms. The summed E-state index contributed by atoms with van der Waals surface area (Å²) in [5, 5.41) is 2.61. The summed E-state index contributed by atoms with van der Waals surface area (Å²) in [5.74, 6) is 0. The summed E-state index contributed by atoms with van der Waals surface area (Å²) in [7, 11) is 1.82. The largest absolute Gasteiger partial charge is 0.444 e. The van der Waals surface area contributed by atoms with Crippen LogP contribution >= 0.6 is 0 Å². The van der Waals surface area contributed by atoms with E-state index in [1.54, 1.807) is 20.8 Å². The molecular weight excluding hydrogens is 289 g/mol. The molecule has 0 saturated carbocycles. The predicted octanol–water partition coefficient (Wildman–Crippen LogP) is 2.41. The van der Waals surface area contributed by atoms with Gasteiger partial charge in [0.25, 0.3) is 0 Å². The van der Waals surface area contributed by atoms with Crippen molar-refractivity contribution in [2.45, 2.75) is 39.0 Å². The second kappa shape index (κ2) is 9.09. The summed E-state index contributed by atoms with van der Waals surface area (Å²) in [5.41, 5.74) is -0.536. The monoisotopic (exact) mass is 314 g/mol. The highest BCUT2D eigenvalue weighted by Crippen LogP contribution is 2.14. The van der Waals surface area contributed by atoms with Gasteiger partial charge in [0.05, 0.1) is 0 Å². The van der Waals surface area contributed by atoms with Gasteiger partial charge in [-0.2, -0.15) is 13.2 Å². The van der Waals surface area contributed by atoms with E-state index >= 15 is 0 Å². The van der Waals surface area contributed by atoms with Crippen molar-refractivity contribution >= 4 is 6.09 Å². The molecule has 0 aromatic carbocycles. The Balaban J connectivity index is 3.55. The first-order valence-electron chi connectivity index (χ1n) is 6.79. The maximum Gasteiger partial charge on any atom is 0.411 e. The fraction of sp³-hybridized carbons (Fsp3) is 0.923. The number of likely N-dealkylation sites (N-methyl/N-ethyl adjacent to an activating group) is 1. The van der Waals surface area contributed by atoms with E-state index in [1.165, 1.54) is 0 Å². The van der Waals surface area contributed by atoms with E-state index in [4.69, 9.17) is 4.74 Å². The Labute approximate surface area is 123 Å². The fourth-order valence-corrected chi connectivity index (χ4v) is 1.40. The third kappa shape index (κ3) is 15.2. The molecule has 0 radical (unpaired) electrons. The van der Waals surface area contributed by atoms with Crippen LogP contribution in [-0.4, -0.2) is 62.7 Å².